The van der Waals surface area contributed by atoms with E-state index in [-0.39, 0.29) is 14.5 Å². The van der Waals surface area contributed by atoms with Crippen LogP contribution in [0.4, 0.5) is 9.52 Å². The zero-order valence-electron chi connectivity index (χ0n) is 8.09. The summed E-state index contributed by atoms with van der Waals surface area (Å²) in [6.07, 6.45) is 0. The van der Waals surface area contributed by atoms with Crippen molar-refractivity contribution in [1.82, 2.24) is 10.2 Å². The van der Waals surface area contributed by atoms with Crippen molar-refractivity contribution in [2.24, 2.45) is 0 Å². The maximum atomic E-state index is 12.8. The zero-order valence-corrected chi connectivity index (χ0v) is 11.3. The van der Waals surface area contributed by atoms with Crippen LogP contribution in [0.3, 0.4) is 0 Å². The molecule has 0 atom stereocenters. The summed E-state index contributed by atoms with van der Waals surface area (Å²) < 4.78 is 39.0. The number of rotatable bonds is 3. The lowest BCUT2D eigenvalue weighted by atomic mass is 10.3. The Labute approximate surface area is 109 Å². The molecule has 1 heterocycles. The first-order valence-corrected chi connectivity index (χ1v) is 7.39. The van der Waals surface area contributed by atoms with Crippen molar-refractivity contribution in [1.29, 1.82) is 0 Å². The molecular weight excluding hydrogens is 333 g/mol. The third-order valence-electron chi connectivity index (χ3n) is 1.77. The van der Waals surface area contributed by atoms with E-state index >= 15 is 0 Å². The van der Waals surface area contributed by atoms with E-state index in [0.717, 1.165) is 23.5 Å². The van der Waals surface area contributed by atoms with Gasteiger partial charge < -0.3 is 0 Å². The first-order chi connectivity index (χ1) is 7.99. The van der Waals surface area contributed by atoms with Gasteiger partial charge in [-0.05, 0) is 34.1 Å². The van der Waals surface area contributed by atoms with Gasteiger partial charge in [0.05, 0.1) is 0 Å². The van der Waals surface area contributed by atoms with E-state index in [0.29, 0.717) is 0 Å². The van der Waals surface area contributed by atoms with Gasteiger partial charge in [0.15, 0.2) is 0 Å². The van der Waals surface area contributed by atoms with Gasteiger partial charge in [-0.3, -0.25) is 4.72 Å². The number of benzene rings is 1. The Morgan fingerprint density at radius 1 is 1.41 bits per heavy atom. The van der Waals surface area contributed by atoms with E-state index in [1.54, 1.807) is 0 Å². The maximum Gasteiger partial charge on any atom is 0.264 e. The highest BCUT2D eigenvalue weighted by Crippen LogP contribution is 2.25. The first-order valence-electron chi connectivity index (χ1n) is 4.23. The molecule has 2 rings (SSSR count). The minimum Gasteiger partial charge on any atom is -0.253 e. The molecule has 9 heteroatoms. The van der Waals surface area contributed by atoms with Crippen LogP contribution in [-0.2, 0) is 10.0 Å². The Kier molecular flexibility index (Phi) is 3.40. The highest BCUT2D eigenvalue weighted by Gasteiger charge is 2.19. The topological polar surface area (TPSA) is 72.0 Å². The molecule has 0 bridgehead atoms. The highest BCUT2D eigenvalue weighted by atomic mass is 79.9. The van der Waals surface area contributed by atoms with Crippen molar-refractivity contribution >= 4 is 42.4 Å². The Morgan fingerprint density at radius 2 is 2.18 bits per heavy atom. The summed E-state index contributed by atoms with van der Waals surface area (Å²) in [5.41, 5.74) is 1.40. The summed E-state index contributed by atoms with van der Waals surface area (Å²) in [7, 11) is -3.79. The molecular formula is C8H5BrFN3O2S2. The van der Waals surface area contributed by atoms with Gasteiger partial charge >= 0.3 is 0 Å². The molecule has 0 spiro atoms. The van der Waals surface area contributed by atoms with E-state index in [1.807, 2.05) is 0 Å². The van der Waals surface area contributed by atoms with Crippen LogP contribution < -0.4 is 4.72 Å². The summed E-state index contributed by atoms with van der Waals surface area (Å²) in [5, 5.41) is 7.22. The quantitative estimate of drug-likeness (QED) is 0.932. The van der Waals surface area contributed by atoms with E-state index in [1.165, 1.54) is 11.6 Å². The van der Waals surface area contributed by atoms with Gasteiger partial charge in [0.25, 0.3) is 10.0 Å². The molecule has 0 aliphatic heterocycles. The summed E-state index contributed by atoms with van der Waals surface area (Å²) in [6.45, 7) is 0. The van der Waals surface area contributed by atoms with Gasteiger partial charge in [0.2, 0.25) is 5.13 Å². The molecule has 1 aromatic heterocycles. The molecule has 0 amide bonds. The maximum absolute atomic E-state index is 12.8. The summed E-state index contributed by atoms with van der Waals surface area (Å²) in [4.78, 5) is -0.0610. The molecule has 90 valence electrons. The van der Waals surface area contributed by atoms with Gasteiger partial charge in [-0.2, -0.15) is 0 Å². The van der Waals surface area contributed by atoms with Gasteiger partial charge in [0, 0.05) is 4.47 Å². The number of sulfonamides is 1. The van der Waals surface area contributed by atoms with Crippen LogP contribution in [0.25, 0.3) is 0 Å². The fourth-order valence-corrected chi connectivity index (χ4v) is 3.82. The monoisotopic (exact) mass is 337 g/mol. The van der Waals surface area contributed by atoms with Crippen LogP contribution >= 0.6 is 27.3 Å². The van der Waals surface area contributed by atoms with Crippen molar-refractivity contribution in [3.63, 3.8) is 0 Å². The minimum atomic E-state index is -3.79. The molecule has 0 fully saturated rings. The average Bonchev–Trinajstić information content (AvgIpc) is 2.68. The Hall–Kier alpha value is -1.06. The van der Waals surface area contributed by atoms with Gasteiger partial charge in [-0.25, -0.2) is 12.8 Å². The summed E-state index contributed by atoms with van der Waals surface area (Å²) >= 11 is 4.05. The number of hydrogen-bond donors (Lipinski definition) is 1. The fraction of sp³-hybridized carbons (Fsp3) is 0. The fourth-order valence-electron chi connectivity index (χ4n) is 1.08. The Bertz CT molecular complexity index is 630. The smallest absolute Gasteiger partial charge is 0.253 e. The molecule has 0 saturated heterocycles. The third kappa shape index (κ3) is 2.79. The lowest BCUT2D eigenvalue weighted by Crippen LogP contribution is -2.13. The molecule has 0 aliphatic rings. The number of hydrogen-bond acceptors (Lipinski definition) is 5. The largest absolute Gasteiger partial charge is 0.264 e. The molecule has 5 nitrogen and oxygen atoms in total. The molecule has 1 N–H and O–H groups in total. The lowest BCUT2D eigenvalue weighted by Gasteiger charge is -2.06. The van der Waals surface area contributed by atoms with Crippen LogP contribution in [-0.4, -0.2) is 18.6 Å². The van der Waals surface area contributed by atoms with Gasteiger partial charge in [-0.15, -0.1) is 10.2 Å². The zero-order chi connectivity index (χ0) is 12.5. The average molecular weight is 338 g/mol. The standard InChI is InChI=1S/C8H5BrFN3O2S2/c9-6-3-5(10)1-2-7(6)17(14,15)13-8-12-11-4-16-8/h1-4H,(H,12,13). The summed E-state index contributed by atoms with van der Waals surface area (Å²) in [5.74, 6) is -0.522. The molecule has 0 saturated carbocycles. The number of halogens is 2. The minimum absolute atomic E-state index is 0.0610. The van der Waals surface area contributed by atoms with Crippen molar-refractivity contribution in [3.05, 3.63) is 34.0 Å². The molecule has 0 unspecified atom stereocenters. The van der Waals surface area contributed by atoms with Crippen molar-refractivity contribution in [2.45, 2.75) is 4.90 Å². The van der Waals surface area contributed by atoms with E-state index in [9.17, 15) is 12.8 Å². The molecule has 17 heavy (non-hydrogen) atoms. The molecule has 2 aromatic rings. The highest BCUT2D eigenvalue weighted by molar-refractivity contribution is 9.10. The lowest BCUT2D eigenvalue weighted by molar-refractivity contribution is 0.599. The van der Waals surface area contributed by atoms with E-state index < -0.39 is 15.8 Å². The van der Waals surface area contributed by atoms with Crippen molar-refractivity contribution < 1.29 is 12.8 Å². The number of nitrogens with zero attached hydrogens (tertiary/aromatic N) is 2. The second kappa shape index (κ2) is 4.67. The van der Waals surface area contributed by atoms with Crippen molar-refractivity contribution in [2.75, 3.05) is 4.72 Å². The van der Waals surface area contributed by atoms with Crippen LogP contribution in [0.15, 0.2) is 33.1 Å². The second-order valence-electron chi connectivity index (χ2n) is 2.92. The van der Waals surface area contributed by atoms with E-state index in [4.69, 9.17) is 0 Å². The van der Waals surface area contributed by atoms with Gasteiger partial charge in [0.1, 0.15) is 16.2 Å². The molecule has 0 radical (unpaired) electrons. The van der Waals surface area contributed by atoms with E-state index in [2.05, 4.69) is 30.8 Å². The first kappa shape index (κ1) is 12.4. The predicted octanol–water partition coefficient (Wildman–Crippen LogP) is 2.24. The molecule has 0 aliphatic carbocycles. The normalized spacial score (nSPS) is 11.4. The van der Waals surface area contributed by atoms with Gasteiger partial charge in [-0.1, -0.05) is 11.3 Å². The van der Waals surface area contributed by atoms with Crippen LogP contribution in [0.2, 0.25) is 0 Å². The Balaban J connectivity index is 2.38. The van der Waals surface area contributed by atoms with Crippen LogP contribution in [0.1, 0.15) is 0 Å². The SMILES string of the molecule is O=S(=O)(Nc1nncs1)c1ccc(F)cc1Br. The van der Waals surface area contributed by atoms with Crippen molar-refractivity contribution in [3.8, 4) is 0 Å². The molecule has 1 aromatic carbocycles. The van der Waals surface area contributed by atoms with Crippen LogP contribution in [0, 0.1) is 5.82 Å². The number of nitrogens with one attached hydrogen (secondary N) is 1. The number of anilines is 1. The Morgan fingerprint density at radius 3 is 2.76 bits per heavy atom. The summed E-state index contributed by atoms with van der Waals surface area (Å²) in [6, 6.07) is 3.32. The number of aromatic nitrogens is 2. The second-order valence-corrected chi connectivity index (χ2v) is 6.26. The predicted molar refractivity (Wildman–Crippen MR) is 64.8 cm³/mol. The third-order valence-corrected chi connectivity index (χ3v) is 4.82. The van der Waals surface area contributed by atoms with Crippen LogP contribution in [0.5, 0.6) is 0 Å².